The van der Waals surface area contributed by atoms with Gasteiger partial charge in [-0.25, -0.2) is 4.79 Å². The molecule has 0 aromatic heterocycles. The first-order valence-corrected chi connectivity index (χ1v) is 12.8. The summed E-state index contributed by atoms with van der Waals surface area (Å²) in [6.45, 7) is -0.204. The fourth-order valence-electron chi connectivity index (χ4n) is 4.64. The maximum atomic E-state index is 13.5. The van der Waals surface area contributed by atoms with Crippen LogP contribution in [0.5, 0.6) is 5.75 Å². The number of para-hydroxylation sites is 1. The third-order valence-corrected chi connectivity index (χ3v) is 7.20. The van der Waals surface area contributed by atoms with Crippen molar-refractivity contribution in [2.75, 3.05) is 6.61 Å². The van der Waals surface area contributed by atoms with Gasteiger partial charge in [-0.3, -0.25) is 14.5 Å². The van der Waals surface area contributed by atoms with E-state index in [4.69, 9.17) is 9.47 Å². The Kier molecular flexibility index (Phi) is 7.37. The molecule has 188 valence electrons. The number of halogens is 1. The Bertz CT molecular complexity index is 1270. The number of benzene rings is 3. The van der Waals surface area contributed by atoms with Crippen LogP contribution >= 0.6 is 15.9 Å². The zero-order valence-electron chi connectivity index (χ0n) is 19.9. The summed E-state index contributed by atoms with van der Waals surface area (Å²) in [4.78, 5) is 40.5. The minimum Gasteiger partial charge on any atom is -0.484 e. The number of fused-ring (bicyclic) bond motifs is 1. The smallest absolute Gasteiger partial charge is 0.356 e. The minimum atomic E-state index is -0.714. The van der Waals surface area contributed by atoms with Crippen LogP contribution in [0, 0.1) is 0 Å². The van der Waals surface area contributed by atoms with Crippen molar-refractivity contribution < 1.29 is 23.9 Å². The van der Waals surface area contributed by atoms with Crippen molar-refractivity contribution >= 4 is 33.7 Å². The van der Waals surface area contributed by atoms with Gasteiger partial charge in [0.1, 0.15) is 17.5 Å². The number of amides is 2. The predicted molar refractivity (Wildman–Crippen MR) is 141 cm³/mol. The number of ether oxygens (including phenoxy) is 2. The van der Waals surface area contributed by atoms with Crippen LogP contribution in [-0.2, 0) is 19.1 Å². The van der Waals surface area contributed by atoms with Crippen LogP contribution in [0.1, 0.15) is 30.1 Å². The predicted octanol–water partition coefficient (Wildman–Crippen LogP) is 4.49. The zero-order valence-corrected chi connectivity index (χ0v) is 21.5. The quantitative estimate of drug-likeness (QED) is 0.324. The second-order valence-corrected chi connectivity index (χ2v) is 9.78. The third-order valence-electron chi connectivity index (χ3n) is 6.43. The highest BCUT2D eigenvalue weighted by molar-refractivity contribution is 9.11. The molecule has 2 heterocycles. The molecule has 0 saturated carbocycles. The molecule has 2 aliphatic heterocycles. The molecule has 37 heavy (non-hydrogen) atoms. The Hall–Kier alpha value is -3.91. The number of rotatable bonds is 8. The summed E-state index contributed by atoms with van der Waals surface area (Å²) in [5.74, 6) is -0.773. The summed E-state index contributed by atoms with van der Waals surface area (Å²) in [6, 6.07) is 26.9. The number of carbonyl (C=O) groups excluding carboxylic acids is 3. The van der Waals surface area contributed by atoms with Gasteiger partial charge in [0.2, 0.25) is 0 Å². The number of nitrogens with zero attached hydrogens (tertiary/aromatic N) is 1. The average Bonchev–Trinajstić information content (AvgIpc) is 2.94. The van der Waals surface area contributed by atoms with Crippen LogP contribution in [-0.4, -0.2) is 41.4 Å². The number of carbonyl (C=O) groups is 3. The first-order valence-electron chi connectivity index (χ1n) is 12.0. The summed E-state index contributed by atoms with van der Waals surface area (Å²) >= 11 is 3.49. The Morgan fingerprint density at radius 3 is 2.08 bits per heavy atom. The van der Waals surface area contributed by atoms with E-state index >= 15 is 0 Å². The van der Waals surface area contributed by atoms with Crippen molar-refractivity contribution in [2.45, 2.75) is 31.0 Å². The van der Waals surface area contributed by atoms with Gasteiger partial charge in [0, 0.05) is 4.48 Å². The summed E-state index contributed by atoms with van der Waals surface area (Å²) in [5.41, 5.74) is 1.83. The standard InChI is InChI=1S/C29H25BrN2O5/c30-22-16-17-23-25(31-24(33)18-36-21-14-8-3-9-15-21)28(34)32(23)26(22)29(35)37-27(19-10-4-1-5-11-19)20-12-6-2-7-13-20/h1-15,23,25,27H,16-18H2,(H,31,33). The molecule has 1 N–H and O–H groups in total. The van der Waals surface area contributed by atoms with Gasteiger partial charge in [-0.1, -0.05) is 94.8 Å². The first-order chi connectivity index (χ1) is 18.0. The summed E-state index contributed by atoms with van der Waals surface area (Å²) < 4.78 is 12.1. The molecule has 8 heteroatoms. The van der Waals surface area contributed by atoms with Gasteiger partial charge >= 0.3 is 5.97 Å². The highest BCUT2D eigenvalue weighted by atomic mass is 79.9. The van der Waals surface area contributed by atoms with E-state index in [1.54, 1.807) is 12.1 Å². The number of nitrogens with one attached hydrogen (secondary N) is 1. The molecular weight excluding hydrogens is 536 g/mol. The van der Waals surface area contributed by atoms with Crippen molar-refractivity contribution in [1.82, 2.24) is 10.2 Å². The number of hydrogen-bond donors (Lipinski definition) is 1. The minimum absolute atomic E-state index is 0.184. The normalized spacial score (nSPS) is 18.6. The molecule has 0 bridgehead atoms. The lowest BCUT2D eigenvalue weighted by Gasteiger charge is -2.50. The molecule has 2 unspecified atom stereocenters. The molecule has 5 rings (SSSR count). The molecule has 3 aromatic rings. The monoisotopic (exact) mass is 560 g/mol. The molecule has 0 aliphatic carbocycles. The fraction of sp³-hybridized carbons (Fsp3) is 0.207. The summed E-state index contributed by atoms with van der Waals surface area (Å²) in [6.07, 6.45) is 0.520. The Balaban J connectivity index is 1.28. The Morgan fingerprint density at radius 1 is 0.919 bits per heavy atom. The van der Waals surface area contributed by atoms with Crippen LogP contribution in [0.25, 0.3) is 0 Å². The largest absolute Gasteiger partial charge is 0.484 e. The highest BCUT2D eigenvalue weighted by Gasteiger charge is 2.53. The second-order valence-electron chi connectivity index (χ2n) is 8.82. The Labute approximate surface area is 223 Å². The van der Waals surface area contributed by atoms with Gasteiger partial charge in [0.15, 0.2) is 12.7 Å². The highest BCUT2D eigenvalue weighted by Crippen LogP contribution is 2.40. The summed E-state index contributed by atoms with van der Waals surface area (Å²) in [5, 5.41) is 2.76. The SMILES string of the molecule is O=C(COc1ccccc1)NC1C(=O)N2C(C(=O)OC(c3ccccc3)c3ccccc3)=C(Br)CCC12. The van der Waals surface area contributed by atoms with Gasteiger partial charge in [-0.15, -0.1) is 0 Å². The molecule has 7 nitrogen and oxygen atoms in total. The molecule has 1 saturated heterocycles. The van der Waals surface area contributed by atoms with Crippen molar-refractivity contribution in [3.05, 3.63) is 112 Å². The van der Waals surface area contributed by atoms with Crippen LogP contribution in [0.15, 0.2) is 101 Å². The van der Waals surface area contributed by atoms with Gasteiger partial charge in [-0.05, 0) is 36.1 Å². The molecule has 0 spiro atoms. The lowest BCUT2D eigenvalue weighted by Crippen LogP contribution is -2.71. The summed E-state index contributed by atoms with van der Waals surface area (Å²) in [7, 11) is 0. The topological polar surface area (TPSA) is 84.9 Å². The van der Waals surface area contributed by atoms with Crippen molar-refractivity contribution in [1.29, 1.82) is 0 Å². The van der Waals surface area contributed by atoms with Crippen LogP contribution in [0.3, 0.4) is 0 Å². The number of allylic oxidation sites excluding steroid dienone is 1. The molecule has 3 aromatic carbocycles. The molecule has 2 amide bonds. The first kappa shape index (κ1) is 24.8. The molecule has 2 atom stereocenters. The van der Waals surface area contributed by atoms with Crippen molar-refractivity contribution in [2.24, 2.45) is 0 Å². The molecule has 1 fully saturated rings. The Morgan fingerprint density at radius 2 is 1.49 bits per heavy atom. The van der Waals surface area contributed by atoms with E-state index in [1.165, 1.54) is 4.90 Å². The second kappa shape index (κ2) is 11.0. The average molecular weight is 561 g/mol. The van der Waals surface area contributed by atoms with Crippen LogP contribution in [0.2, 0.25) is 0 Å². The molecular formula is C29H25BrN2O5. The van der Waals surface area contributed by atoms with E-state index < -0.39 is 24.0 Å². The van der Waals surface area contributed by atoms with E-state index in [-0.39, 0.29) is 24.3 Å². The van der Waals surface area contributed by atoms with Crippen LogP contribution in [0.4, 0.5) is 0 Å². The third kappa shape index (κ3) is 5.29. The van der Waals surface area contributed by atoms with Crippen LogP contribution < -0.4 is 10.1 Å². The fourth-order valence-corrected chi connectivity index (χ4v) is 5.22. The van der Waals surface area contributed by atoms with Crippen molar-refractivity contribution in [3.63, 3.8) is 0 Å². The number of β-lactam (4-membered cyclic amide) rings is 1. The number of esters is 1. The van der Waals surface area contributed by atoms with Gasteiger partial charge in [-0.2, -0.15) is 0 Å². The maximum Gasteiger partial charge on any atom is 0.356 e. The van der Waals surface area contributed by atoms with Gasteiger partial charge < -0.3 is 14.8 Å². The van der Waals surface area contributed by atoms with E-state index in [1.807, 2.05) is 78.9 Å². The lowest BCUT2D eigenvalue weighted by molar-refractivity contribution is -0.159. The number of hydrogen-bond acceptors (Lipinski definition) is 5. The van der Waals surface area contributed by atoms with Gasteiger partial charge in [0.05, 0.1) is 6.04 Å². The maximum absolute atomic E-state index is 13.5. The van der Waals surface area contributed by atoms with Gasteiger partial charge in [0.25, 0.3) is 11.8 Å². The van der Waals surface area contributed by atoms with E-state index in [0.29, 0.717) is 23.1 Å². The lowest BCUT2D eigenvalue weighted by atomic mass is 9.86. The molecule has 0 radical (unpaired) electrons. The zero-order chi connectivity index (χ0) is 25.8. The molecule has 2 aliphatic rings. The van der Waals surface area contributed by atoms with E-state index in [2.05, 4.69) is 21.2 Å². The van der Waals surface area contributed by atoms with E-state index in [0.717, 1.165) is 11.1 Å². The van der Waals surface area contributed by atoms with E-state index in [9.17, 15) is 14.4 Å². The van der Waals surface area contributed by atoms with Crippen molar-refractivity contribution in [3.8, 4) is 5.75 Å².